The van der Waals surface area contributed by atoms with Gasteiger partial charge in [-0.15, -0.1) is 0 Å². The number of aliphatic hydroxyl groups is 1. The predicted molar refractivity (Wildman–Crippen MR) is 66.9 cm³/mol. The highest BCUT2D eigenvalue weighted by molar-refractivity contribution is 5.71. The molecular formula is C13H25NO3. The van der Waals surface area contributed by atoms with Crippen molar-refractivity contribution in [2.75, 3.05) is 20.1 Å². The summed E-state index contributed by atoms with van der Waals surface area (Å²) in [6.07, 6.45) is 4.49. The molecule has 2 atom stereocenters. The van der Waals surface area contributed by atoms with Crippen LogP contribution in [0.3, 0.4) is 0 Å². The molecule has 1 fully saturated rings. The molecule has 1 aliphatic heterocycles. The normalized spacial score (nSPS) is 28.6. The van der Waals surface area contributed by atoms with Crippen molar-refractivity contribution in [3.63, 3.8) is 0 Å². The maximum absolute atomic E-state index is 11.3. The Kier molecular flexibility index (Phi) is 5.40. The number of carboxylic acids is 1. The van der Waals surface area contributed by atoms with E-state index in [1.807, 2.05) is 14.0 Å². The van der Waals surface area contributed by atoms with Crippen molar-refractivity contribution in [1.82, 2.24) is 4.90 Å². The standard InChI is InChI=1S/C13H25NO3/c1-3-4-6-11(12(15)16)13(17)7-5-9-14(2)10-8-13/h11,17H,3-10H2,1-2H3,(H,15,16). The Morgan fingerprint density at radius 2 is 2.12 bits per heavy atom. The van der Waals surface area contributed by atoms with Crippen molar-refractivity contribution in [2.45, 2.75) is 51.0 Å². The average Bonchev–Trinajstić information content (AvgIpc) is 2.42. The van der Waals surface area contributed by atoms with E-state index in [4.69, 9.17) is 0 Å². The SMILES string of the molecule is CCCCC(C(=O)O)C1(O)CCCN(C)CC1. The van der Waals surface area contributed by atoms with Crippen molar-refractivity contribution in [2.24, 2.45) is 5.92 Å². The maximum atomic E-state index is 11.3. The molecule has 100 valence electrons. The minimum atomic E-state index is -1.01. The molecule has 1 aliphatic rings. The Morgan fingerprint density at radius 3 is 2.71 bits per heavy atom. The lowest BCUT2D eigenvalue weighted by molar-refractivity contribution is -0.153. The lowest BCUT2D eigenvalue weighted by atomic mass is 9.78. The fourth-order valence-corrected chi connectivity index (χ4v) is 2.66. The molecule has 2 unspecified atom stereocenters. The molecule has 4 heteroatoms. The Bertz CT molecular complexity index is 257. The first kappa shape index (κ1) is 14.5. The number of unbranched alkanes of at least 4 members (excludes halogenated alkanes) is 1. The van der Waals surface area contributed by atoms with Gasteiger partial charge in [-0.25, -0.2) is 0 Å². The summed E-state index contributed by atoms with van der Waals surface area (Å²) in [6.45, 7) is 3.78. The summed E-state index contributed by atoms with van der Waals surface area (Å²) in [6, 6.07) is 0. The van der Waals surface area contributed by atoms with Gasteiger partial charge in [0.15, 0.2) is 0 Å². The molecule has 0 aromatic carbocycles. The van der Waals surface area contributed by atoms with Gasteiger partial charge in [0.25, 0.3) is 0 Å². The predicted octanol–water partition coefficient (Wildman–Crippen LogP) is 1.72. The first-order valence-corrected chi connectivity index (χ1v) is 6.63. The number of nitrogens with zero attached hydrogens (tertiary/aromatic N) is 1. The first-order chi connectivity index (χ1) is 7.99. The largest absolute Gasteiger partial charge is 0.481 e. The van der Waals surface area contributed by atoms with E-state index in [1.165, 1.54) is 0 Å². The summed E-state index contributed by atoms with van der Waals surface area (Å²) in [5.74, 6) is -1.44. The molecule has 1 heterocycles. The van der Waals surface area contributed by atoms with Gasteiger partial charge in [0, 0.05) is 6.54 Å². The fourth-order valence-electron chi connectivity index (χ4n) is 2.66. The molecule has 0 saturated carbocycles. The first-order valence-electron chi connectivity index (χ1n) is 6.63. The topological polar surface area (TPSA) is 60.8 Å². The molecule has 0 aliphatic carbocycles. The van der Waals surface area contributed by atoms with E-state index in [2.05, 4.69) is 4.90 Å². The Labute approximate surface area is 104 Å². The van der Waals surface area contributed by atoms with Crippen molar-refractivity contribution in [1.29, 1.82) is 0 Å². The van der Waals surface area contributed by atoms with E-state index in [0.717, 1.165) is 32.4 Å². The number of hydrogen-bond acceptors (Lipinski definition) is 3. The minimum Gasteiger partial charge on any atom is -0.481 e. The number of carbonyl (C=O) groups is 1. The number of carboxylic acid groups (broad SMARTS) is 1. The van der Waals surface area contributed by atoms with Crippen LogP contribution in [0.5, 0.6) is 0 Å². The van der Waals surface area contributed by atoms with Gasteiger partial charge in [-0.3, -0.25) is 4.79 Å². The van der Waals surface area contributed by atoms with Crippen LogP contribution in [0.15, 0.2) is 0 Å². The van der Waals surface area contributed by atoms with Crippen molar-refractivity contribution in [3.05, 3.63) is 0 Å². The van der Waals surface area contributed by atoms with Gasteiger partial charge in [-0.1, -0.05) is 19.8 Å². The third-order valence-electron chi connectivity index (χ3n) is 3.87. The number of likely N-dealkylation sites (tertiary alicyclic amines) is 1. The van der Waals surface area contributed by atoms with Gasteiger partial charge in [-0.05, 0) is 39.3 Å². The monoisotopic (exact) mass is 243 g/mol. The van der Waals surface area contributed by atoms with Crippen LogP contribution in [-0.4, -0.2) is 46.8 Å². The van der Waals surface area contributed by atoms with E-state index in [0.29, 0.717) is 19.3 Å². The summed E-state index contributed by atoms with van der Waals surface area (Å²) >= 11 is 0. The van der Waals surface area contributed by atoms with Gasteiger partial charge in [0.1, 0.15) is 0 Å². The van der Waals surface area contributed by atoms with E-state index in [9.17, 15) is 15.0 Å². The molecule has 17 heavy (non-hydrogen) atoms. The summed E-state index contributed by atoms with van der Waals surface area (Å²) < 4.78 is 0. The molecule has 2 N–H and O–H groups in total. The summed E-state index contributed by atoms with van der Waals surface area (Å²) in [5, 5.41) is 19.9. The average molecular weight is 243 g/mol. The van der Waals surface area contributed by atoms with Crippen LogP contribution in [0.25, 0.3) is 0 Å². The molecule has 4 nitrogen and oxygen atoms in total. The van der Waals surface area contributed by atoms with Crippen LogP contribution < -0.4 is 0 Å². The van der Waals surface area contributed by atoms with Crippen LogP contribution in [0, 0.1) is 5.92 Å². The van der Waals surface area contributed by atoms with E-state index in [-0.39, 0.29) is 0 Å². The highest BCUT2D eigenvalue weighted by Crippen LogP contribution is 2.33. The van der Waals surface area contributed by atoms with Crippen molar-refractivity contribution in [3.8, 4) is 0 Å². The molecule has 0 spiro atoms. The van der Waals surface area contributed by atoms with Gasteiger partial charge < -0.3 is 15.1 Å². The Morgan fingerprint density at radius 1 is 1.41 bits per heavy atom. The zero-order valence-corrected chi connectivity index (χ0v) is 11.0. The van der Waals surface area contributed by atoms with Crippen LogP contribution in [0.1, 0.15) is 45.4 Å². The summed E-state index contributed by atoms with van der Waals surface area (Å²) in [5.41, 5.74) is -1.01. The zero-order chi connectivity index (χ0) is 12.9. The summed E-state index contributed by atoms with van der Waals surface area (Å²) in [7, 11) is 2.02. The number of rotatable bonds is 5. The molecular weight excluding hydrogens is 218 g/mol. The van der Waals surface area contributed by atoms with Crippen LogP contribution in [0.2, 0.25) is 0 Å². The van der Waals surface area contributed by atoms with Crippen LogP contribution in [-0.2, 0) is 4.79 Å². The van der Waals surface area contributed by atoms with E-state index < -0.39 is 17.5 Å². The second-order valence-corrected chi connectivity index (χ2v) is 5.29. The quantitative estimate of drug-likeness (QED) is 0.772. The van der Waals surface area contributed by atoms with Crippen molar-refractivity contribution >= 4 is 5.97 Å². The summed E-state index contributed by atoms with van der Waals surface area (Å²) in [4.78, 5) is 13.5. The number of hydrogen-bond donors (Lipinski definition) is 2. The lowest BCUT2D eigenvalue weighted by Crippen LogP contribution is -2.43. The van der Waals surface area contributed by atoms with Crippen molar-refractivity contribution < 1.29 is 15.0 Å². The third kappa shape index (κ3) is 3.96. The lowest BCUT2D eigenvalue weighted by Gasteiger charge is -2.33. The van der Waals surface area contributed by atoms with Gasteiger partial charge in [-0.2, -0.15) is 0 Å². The highest BCUT2D eigenvalue weighted by atomic mass is 16.4. The van der Waals surface area contributed by atoms with Gasteiger partial charge in [0.05, 0.1) is 11.5 Å². The molecule has 0 amide bonds. The van der Waals surface area contributed by atoms with E-state index >= 15 is 0 Å². The molecule has 0 aromatic heterocycles. The highest BCUT2D eigenvalue weighted by Gasteiger charge is 2.41. The minimum absolute atomic E-state index is 0.574. The molecule has 0 bridgehead atoms. The van der Waals surface area contributed by atoms with E-state index in [1.54, 1.807) is 0 Å². The Balaban J connectivity index is 2.71. The van der Waals surface area contributed by atoms with Gasteiger partial charge in [0.2, 0.25) is 0 Å². The Hall–Kier alpha value is -0.610. The van der Waals surface area contributed by atoms with Crippen LogP contribution in [0.4, 0.5) is 0 Å². The third-order valence-corrected chi connectivity index (χ3v) is 3.87. The smallest absolute Gasteiger partial charge is 0.309 e. The zero-order valence-electron chi connectivity index (χ0n) is 11.0. The van der Waals surface area contributed by atoms with Gasteiger partial charge >= 0.3 is 5.97 Å². The second kappa shape index (κ2) is 6.36. The molecule has 1 rings (SSSR count). The second-order valence-electron chi connectivity index (χ2n) is 5.29. The molecule has 1 saturated heterocycles. The number of aliphatic carboxylic acids is 1. The molecule has 0 aromatic rings. The fraction of sp³-hybridized carbons (Fsp3) is 0.923. The maximum Gasteiger partial charge on any atom is 0.309 e. The van der Waals surface area contributed by atoms with Crippen LogP contribution >= 0.6 is 0 Å². The molecule has 0 radical (unpaired) electrons.